The molecule has 0 saturated carbocycles. The Bertz CT molecular complexity index is 421. The van der Waals surface area contributed by atoms with Gasteiger partial charge in [0.05, 0.1) is 24.6 Å². The standard InChI is InChI=1S/C14H22N2O3/c1-4-5-10(2)19-9-14(17)16-13-7-6-11(18-3)8-12(13)15/h6-8,10H,4-5,9,15H2,1-3H3,(H,16,17). The molecule has 5 nitrogen and oxygen atoms in total. The van der Waals surface area contributed by atoms with E-state index in [0.717, 1.165) is 12.8 Å². The zero-order chi connectivity index (χ0) is 14.3. The van der Waals surface area contributed by atoms with Gasteiger partial charge in [-0.2, -0.15) is 0 Å². The van der Waals surface area contributed by atoms with Crippen molar-refractivity contribution in [3.05, 3.63) is 18.2 Å². The summed E-state index contributed by atoms with van der Waals surface area (Å²) in [5.74, 6) is 0.447. The van der Waals surface area contributed by atoms with Crippen molar-refractivity contribution in [2.24, 2.45) is 0 Å². The molecule has 1 aromatic carbocycles. The molecule has 1 rings (SSSR count). The molecule has 0 heterocycles. The number of amides is 1. The maximum atomic E-state index is 11.7. The van der Waals surface area contributed by atoms with Gasteiger partial charge >= 0.3 is 0 Å². The molecule has 1 unspecified atom stereocenters. The highest BCUT2D eigenvalue weighted by Crippen LogP contribution is 2.23. The van der Waals surface area contributed by atoms with Gasteiger partial charge in [-0.1, -0.05) is 13.3 Å². The highest BCUT2D eigenvalue weighted by Gasteiger charge is 2.08. The molecule has 0 aliphatic carbocycles. The zero-order valence-electron chi connectivity index (χ0n) is 11.7. The summed E-state index contributed by atoms with van der Waals surface area (Å²) in [6.07, 6.45) is 2.07. The molecule has 1 amide bonds. The first-order valence-electron chi connectivity index (χ1n) is 6.41. The first-order chi connectivity index (χ1) is 9.06. The lowest BCUT2D eigenvalue weighted by molar-refractivity contribution is -0.122. The molecule has 19 heavy (non-hydrogen) atoms. The summed E-state index contributed by atoms with van der Waals surface area (Å²) in [6.45, 7) is 4.07. The predicted octanol–water partition coefficient (Wildman–Crippen LogP) is 2.42. The normalized spacial score (nSPS) is 11.9. The van der Waals surface area contributed by atoms with E-state index >= 15 is 0 Å². The highest BCUT2D eigenvalue weighted by molar-refractivity contribution is 5.94. The molecule has 0 aromatic heterocycles. The summed E-state index contributed by atoms with van der Waals surface area (Å²) in [5, 5.41) is 2.71. The third-order valence-electron chi connectivity index (χ3n) is 2.73. The molecule has 106 valence electrons. The molecule has 1 aromatic rings. The molecule has 0 spiro atoms. The first-order valence-corrected chi connectivity index (χ1v) is 6.41. The minimum absolute atomic E-state index is 0.0344. The lowest BCUT2D eigenvalue weighted by Crippen LogP contribution is -2.22. The lowest BCUT2D eigenvalue weighted by atomic mass is 10.2. The van der Waals surface area contributed by atoms with Gasteiger partial charge in [0, 0.05) is 6.07 Å². The molecule has 0 aliphatic heterocycles. The van der Waals surface area contributed by atoms with Crippen LogP contribution in [0.25, 0.3) is 0 Å². The van der Waals surface area contributed by atoms with Crippen molar-refractivity contribution in [2.75, 3.05) is 24.8 Å². The third kappa shape index (κ3) is 5.18. The Labute approximate surface area is 114 Å². The maximum Gasteiger partial charge on any atom is 0.250 e. The van der Waals surface area contributed by atoms with Crippen molar-refractivity contribution in [3.63, 3.8) is 0 Å². The number of anilines is 2. The van der Waals surface area contributed by atoms with Crippen LogP contribution in [-0.4, -0.2) is 25.7 Å². The van der Waals surface area contributed by atoms with Crippen LogP contribution in [0, 0.1) is 0 Å². The van der Waals surface area contributed by atoms with E-state index < -0.39 is 0 Å². The molecule has 0 fully saturated rings. The number of benzene rings is 1. The quantitative estimate of drug-likeness (QED) is 0.743. The van der Waals surface area contributed by atoms with Crippen LogP contribution in [-0.2, 0) is 9.53 Å². The molecular weight excluding hydrogens is 244 g/mol. The van der Waals surface area contributed by atoms with E-state index in [-0.39, 0.29) is 18.6 Å². The number of carbonyl (C=O) groups is 1. The van der Waals surface area contributed by atoms with E-state index in [1.807, 2.05) is 6.92 Å². The summed E-state index contributed by atoms with van der Waals surface area (Å²) in [7, 11) is 1.57. The maximum absolute atomic E-state index is 11.7. The first kappa shape index (κ1) is 15.3. The van der Waals surface area contributed by atoms with Gasteiger partial charge in [-0.15, -0.1) is 0 Å². The lowest BCUT2D eigenvalue weighted by Gasteiger charge is -2.13. The number of carbonyl (C=O) groups excluding carboxylic acids is 1. The van der Waals surface area contributed by atoms with Crippen LogP contribution in [0.2, 0.25) is 0 Å². The van der Waals surface area contributed by atoms with E-state index in [4.69, 9.17) is 15.2 Å². The van der Waals surface area contributed by atoms with Gasteiger partial charge in [-0.25, -0.2) is 0 Å². The fourth-order valence-corrected chi connectivity index (χ4v) is 1.68. The average Bonchev–Trinajstić information content (AvgIpc) is 2.39. The fraction of sp³-hybridized carbons (Fsp3) is 0.500. The number of nitrogens with two attached hydrogens (primary N) is 1. The summed E-state index contributed by atoms with van der Waals surface area (Å²) in [4.78, 5) is 11.7. The number of methoxy groups -OCH3 is 1. The summed E-state index contributed by atoms with van der Waals surface area (Å²) in [6, 6.07) is 5.12. The molecule has 3 N–H and O–H groups in total. The van der Waals surface area contributed by atoms with Crippen molar-refractivity contribution >= 4 is 17.3 Å². The van der Waals surface area contributed by atoms with Gasteiger partial charge in [-0.3, -0.25) is 4.79 Å². The van der Waals surface area contributed by atoms with Crippen LogP contribution >= 0.6 is 0 Å². The Kier molecular flexibility index (Phi) is 6.15. The number of hydrogen-bond acceptors (Lipinski definition) is 4. The van der Waals surface area contributed by atoms with Crippen molar-refractivity contribution in [2.45, 2.75) is 32.8 Å². The highest BCUT2D eigenvalue weighted by atomic mass is 16.5. The Balaban J connectivity index is 2.48. The SMILES string of the molecule is CCCC(C)OCC(=O)Nc1ccc(OC)cc1N. The molecular formula is C14H22N2O3. The van der Waals surface area contributed by atoms with Crippen LogP contribution in [0.5, 0.6) is 5.75 Å². The van der Waals surface area contributed by atoms with Crippen molar-refractivity contribution in [1.82, 2.24) is 0 Å². The Morgan fingerprint density at radius 3 is 2.79 bits per heavy atom. The van der Waals surface area contributed by atoms with Gasteiger partial charge in [0.25, 0.3) is 0 Å². The van der Waals surface area contributed by atoms with Crippen molar-refractivity contribution in [3.8, 4) is 5.75 Å². The number of nitrogens with one attached hydrogen (secondary N) is 1. The minimum Gasteiger partial charge on any atom is -0.497 e. The van der Waals surface area contributed by atoms with Gasteiger partial charge in [0.15, 0.2) is 0 Å². The van der Waals surface area contributed by atoms with Gasteiger partial charge < -0.3 is 20.5 Å². The summed E-state index contributed by atoms with van der Waals surface area (Å²) >= 11 is 0. The van der Waals surface area contributed by atoms with E-state index in [1.165, 1.54) is 0 Å². The largest absolute Gasteiger partial charge is 0.497 e. The zero-order valence-corrected chi connectivity index (χ0v) is 11.7. The minimum atomic E-state index is -0.209. The van der Waals surface area contributed by atoms with Crippen LogP contribution in [0.15, 0.2) is 18.2 Å². The molecule has 0 aliphatic rings. The predicted molar refractivity (Wildman–Crippen MR) is 76.4 cm³/mol. The van der Waals surface area contributed by atoms with Crippen LogP contribution < -0.4 is 15.8 Å². The van der Waals surface area contributed by atoms with E-state index in [0.29, 0.717) is 17.1 Å². The Morgan fingerprint density at radius 2 is 2.21 bits per heavy atom. The Morgan fingerprint density at radius 1 is 1.47 bits per heavy atom. The van der Waals surface area contributed by atoms with Gasteiger partial charge in [0.1, 0.15) is 12.4 Å². The monoisotopic (exact) mass is 266 g/mol. The number of rotatable bonds is 7. The average molecular weight is 266 g/mol. The number of ether oxygens (including phenoxy) is 2. The second-order valence-electron chi connectivity index (χ2n) is 4.41. The topological polar surface area (TPSA) is 73.6 Å². The second-order valence-corrected chi connectivity index (χ2v) is 4.41. The smallest absolute Gasteiger partial charge is 0.250 e. The number of nitrogen functional groups attached to an aromatic ring is 1. The van der Waals surface area contributed by atoms with Crippen molar-refractivity contribution in [1.29, 1.82) is 0 Å². The van der Waals surface area contributed by atoms with Crippen molar-refractivity contribution < 1.29 is 14.3 Å². The third-order valence-corrected chi connectivity index (χ3v) is 2.73. The molecule has 0 bridgehead atoms. The Hall–Kier alpha value is -1.75. The molecule has 0 radical (unpaired) electrons. The van der Waals surface area contributed by atoms with Gasteiger partial charge in [0.2, 0.25) is 5.91 Å². The summed E-state index contributed by atoms with van der Waals surface area (Å²) in [5.41, 5.74) is 6.85. The summed E-state index contributed by atoms with van der Waals surface area (Å²) < 4.78 is 10.5. The molecule has 0 saturated heterocycles. The number of hydrogen-bond donors (Lipinski definition) is 2. The van der Waals surface area contributed by atoms with Crippen LogP contribution in [0.3, 0.4) is 0 Å². The van der Waals surface area contributed by atoms with Crippen LogP contribution in [0.4, 0.5) is 11.4 Å². The van der Waals surface area contributed by atoms with E-state index in [9.17, 15) is 4.79 Å². The van der Waals surface area contributed by atoms with Crippen LogP contribution in [0.1, 0.15) is 26.7 Å². The fourth-order valence-electron chi connectivity index (χ4n) is 1.68. The second kappa shape index (κ2) is 7.63. The van der Waals surface area contributed by atoms with E-state index in [1.54, 1.807) is 25.3 Å². The van der Waals surface area contributed by atoms with Gasteiger partial charge in [-0.05, 0) is 25.5 Å². The molecule has 1 atom stereocenters. The molecule has 5 heteroatoms. The van der Waals surface area contributed by atoms with E-state index in [2.05, 4.69) is 12.2 Å².